The zero-order valence-corrected chi connectivity index (χ0v) is 11.8. The topological polar surface area (TPSA) is 66.5 Å². The zero-order valence-electron chi connectivity index (χ0n) is 11.0. The van der Waals surface area contributed by atoms with E-state index in [2.05, 4.69) is 5.32 Å². The monoisotopic (exact) mass is 300 g/mol. The van der Waals surface area contributed by atoms with Gasteiger partial charge in [-0.2, -0.15) is 8.42 Å². The van der Waals surface area contributed by atoms with E-state index in [1.54, 1.807) is 4.90 Å². The third-order valence-corrected chi connectivity index (χ3v) is 4.08. The molecule has 1 fully saturated rings. The summed E-state index contributed by atoms with van der Waals surface area (Å²) in [6.45, 7) is 1.36. The number of carbonyl (C=O) groups excluding carboxylic acids is 1. The standard InChI is InChI=1S/C13H17FN2O3S/c14-20(18,19)10-11-8-13(17)16(9-11)7-6-15-12-4-2-1-3-5-12/h1-5,11,15H,6-10H2. The number of benzene rings is 1. The highest BCUT2D eigenvalue weighted by Gasteiger charge is 2.32. The van der Waals surface area contributed by atoms with Gasteiger partial charge in [0.15, 0.2) is 0 Å². The summed E-state index contributed by atoms with van der Waals surface area (Å²) < 4.78 is 33.8. The lowest BCUT2D eigenvalue weighted by Crippen LogP contribution is -2.31. The third-order valence-electron chi connectivity index (χ3n) is 3.21. The molecule has 1 aromatic rings. The summed E-state index contributed by atoms with van der Waals surface area (Å²) in [7, 11) is -4.51. The van der Waals surface area contributed by atoms with Crippen molar-refractivity contribution in [1.29, 1.82) is 0 Å². The van der Waals surface area contributed by atoms with E-state index in [4.69, 9.17) is 0 Å². The molecule has 1 atom stereocenters. The second-order valence-corrected chi connectivity index (χ2v) is 6.32. The Labute approximate surface area is 118 Å². The quantitative estimate of drug-likeness (QED) is 0.803. The van der Waals surface area contributed by atoms with E-state index in [1.165, 1.54) is 0 Å². The van der Waals surface area contributed by atoms with Crippen molar-refractivity contribution in [3.8, 4) is 0 Å². The van der Waals surface area contributed by atoms with Gasteiger partial charge in [-0.05, 0) is 12.1 Å². The number of halogens is 1. The highest BCUT2D eigenvalue weighted by Crippen LogP contribution is 2.19. The molecule has 0 aromatic heterocycles. The highest BCUT2D eigenvalue weighted by molar-refractivity contribution is 7.86. The molecule has 1 N–H and O–H groups in total. The molecule has 2 rings (SSSR count). The van der Waals surface area contributed by atoms with Crippen molar-refractivity contribution in [3.63, 3.8) is 0 Å². The van der Waals surface area contributed by atoms with Crippen molar-refractivity contribution in [2.45, 2.75) is 6.42 Å². The predicted molar refractivity (Wildman–Crippen MR) is 74.5 cm³/mol. The molecule has 1 aliphatic heterocycles. The first-order chi connectivity index (χ1) is 9.44. The lowest BCUT2D eigenvalue weighted by atomic mass is 10.1. The normalized spacial score (nSPS) is 19.4. The van der Waals surface area contributed by atoms with Crippen LogP contribution in [0, 0.1) is 5.92 Å². The van der Waals surface area contributed by atoms with Gasteiger partial charge in [-0.3, -0.25) is 4.79 Å². The van der Waals surface area contributed by atoms with Gasteiger partial charge in [-0.1, -0.05) is 18.2 Å². The van der Waals surface area contributed by atoms with Crippen molar-refractivity contribution in [2.24, 2.45) is 5.92 Å². The molecule has 0 radical (unpaired) electrons. The highest BCUT2D eigenvalue weighted by atomic mass is 32.3. The van der Waals surface area contributed by atoms with Gasteiger partial charge in [0.2, 0.25) is 5.91 Å². The Hall–Kier alpha value is -1.63. The van der Waals surface area contributed by atoms with Gasteiger partial charge >= 0.3 is 10.2 Å². The molecule has 7 heteroatoms. The van der Waals surface area contributed by atoms with Gasteiger partial charge < -0.3 is 10.2 Å². The number of carbonyl (C=O) groups is 1. The van der Waals surface area contributed by atoms with Crippen LogP contribution >= 0.6 is 0 Å². The summed E-state index contributed by atoms with van der Waals surface area (Å²) in [6, 6.07) is 9.57. The number of nitrogens with zero attached hydrogens (tertiary/aromatic N) is 1. The summed E-state index contributed by atoms with van der Waals surface area (Å²) >= 11 is 0. The Bertz CT molecular complexity index is 562. The first-order valence-electron chi connectivity index (χ1n) is 6.43. The van der Waals surface area contributed by atoms with E-state index in [1.807, 2.05) is 30.3 Å². The molecule has 20 heavy (non-hydrogen) atoms. The maximum Gasteiger partial charge on any atom is 0.302 e. The maximum absolute atomic E-state index is 12.6. The second kappa shape index (κ2) is 6.21. The number of hydrogen-bond donors (Lipinski definition) is 1. The van der Waals surface area contributed by atoms with Crippen LogP contribution in [-0.4, -0.2) is 44.6 Å². The lowest BCUT2D eigenvalue weighted by Gasteiger charge is -2.17. The summed E-state index contributed by atoms with van der Waals surface area (Å²) in [4.78, 5) is 13.3. The molecule has 0 saturated carbocycles. The minimum atomic E-state index is -4.51. The van der Waals surface area contributed by atoms with Gasteiger partial charge in [-0.25, -0.2) is 0 Å². The molecule has 5 nitrogen and oxygen atoms in total. The fourth-order valence-electron chi connectivity index (χ4n) is 2.35. The Morgan fingerprint density at radius 2 is 2.00 bits per heavy atom. The lowest BCUT2D eigenvalue weighted by molar-refractivity contribution is -0.127. The fraction of sp³-hybridized carbons (Fsp3) is 0.462. The Morgan fingerprint density at radius 3 is 2.65 bits per heavy atom. The number of likely N-dealkylation sites (tertiary alicyclic amines) is 1. The van der Waals surface area contributed by atoms with Gasteiger partial charge in [0.05, 0.1) is 5.75 Å². The SMILES string of the molecule is O=C1CC(CS(=O)(=O)F)CN1CCNc1ccccc1. The minimum absolute atomic E-state index is 0.106. The van der Waals surface area contributed by atoms with Crippen LogP contribution in [-0.2, 0) is 15.0 Å². The number of para-hydroxylation sites is 1. The number of nitrogens with one attached hydrogen (secondary N) is 1. The van der Waals surface area contributed by atoms with Crippen molar-refractivity contribution >= 4 is 21.8 Å². The van der Waals surface area contributed by atoms with E-state index in [-0.39, 0.29) is 12.3 Å². The maximum atomic E-state index is 12.6. The molecule has 0 aliphatic carbocycles. The van der Waals surface area contributed by atoms with Gasteiger partial charge in [0, 0.05) is 37.7 Å². The van der Waals surface area contributed by atoms with Crippen molar-refractivity contribution < 1.29 is 17.1 Å². The van der Waals surface area contributed by atoms with Crippen LogP contribution in [0.15, 0.2) is 30.3 Å². The molecule has 110 valence electrons. The van der Waals surface area contributed by atoms with Crippen LogP contribution in [0.1, 0.15) is 6.42 Å². The number of amides is 1. The smallest absolute Gasteiger partial charge is 0.302 e. The molecule has 1 heterocycles. The van der Waals surface area contributed by atoms with Crippen LogP contribution in [0.4, 0.5) is 9.57 Å². The van der Waals surface area contributed by atoms with Crippen LogP contribution in [0.25, 0.3) is 0 Å². The average Bonchev–Trinajstić information content (AvgIpc) is 2.68. The number of hydrogen-bond acceptors (Lipinski definition) is 4. The van der Waals surface area contributed by atoms with E-state index in [0.717, 1.165) is 5.69 Å². The van der Waals surface area contributed by atoms with Crippen molar-refractivity contribution in [3.05, 3.63) is 30.3 Å². The van der Waals surface area contributed by atoms with E-state index in [0.29, 0.717) is 19.6 Å². The molecule has 1 amide bonds. The number of rotatable bonds is 6. The van der Waals surface area contributed by atoms with Crippen molar-refractivity contribution in [2.75, 3.05) is 30.7 Å². The van der Waals surface area contributed by atoms with Gasteiger partial charge in [0.1, 0.15) is 0 Å². The first kappa shape index (κ1) is 14.8. The molecule has 1 saturated heterocycles. The van der Waals surface area contributed by atoms with Crippen LogP contribution < -0.4 is 5.32 Å². The number of anilines is 1. The predicted octanol–water partition coefficient (Wildman–Crippen LogP) is 1.25. The summed E-state index contributed by atoms with van der Waals surface area (Å²) in [6.07, 6.45) is 0.106. The van der Waals surface area contributed by atoms with Crippen molar-refractivity contribution in [1.82, 2.24) is 4.90 Å². The van der Waals surface area contributed by atoms with Crippen LogP contribution in [0.5, 0.6) is 0 Å². The third kappa shape index (κ3) is 4.48. The Balaban J connectivity index is 1.78. The summed E-state index contributed by atoms with van der Waals surface area (Å²) in [5.74, 6) is -1.12. The largest absolute Gasteiger partial charge is 0.383 e. The van der Waals surface area contributed by atoms with E-state index in [9.17, 15) is 17.1 Å². The minimum Gasteiger partial charge on any atom is -0.383 e. The Kier molecular flexibility index (Phi) is 4.59. The molecule has 0 bridgehead atoms. The molecular formula is C13H17FN2O3S. The molecule has 1 unspecified atom stereocenters. The van der Waals surface area contributed by atoms with Gasteiger partial charge in [0.25, 0.3) is 0 Å². The first-order valence-corrected chi connectivity index (χ1v) is 7.98. The average molecular weight is 300 g/mol. The second-order valence-electron chi connectivity index (χ2n) is 4.91. The summed E-state index contributed by atoms with van der Waals surface area (Å²) in [5.41, 5.74) is 0.960. The summed E-state index contributed by atoms with van der Waals surface area (Å²) in [5, 5.41) is 3.17. The molecular weight excluding hydrogens is 283 g/mol. The van der Waals surface area contributed by atoms with E-state index < -0.39 is 21.9 Å². The Morgan fingerprint density at radius 1 is 1.30 bits per heavy atom. The molecule has 0 spiro atoms. The van der Waals surface area contributed by atoms with Gasteiger partial charge in [-0.15, -0.1) is 3.89 Å². The van der Waals surface area contributed by atoms with E-state index >= 15 is 0 Å². The zero-order chi connectivity index (χ0) is 14.6. The van der Waals surface area contributed by atoms with Crippen LogP contribution in [0.2, 0.25) is 0 Å². The van der Waals surface area contributed by atoms with Crippen LogP contribution in [0.3, 0.4) is 0 Å². The molecule has 1 aliphatic rings. The fourth-order valence-corrected chi connectivity index (χ4v) is 3.14. The molecule has 1 aromatic carbocycles.